The standard InChI is InChI=1S/C19H22N4O2/c1-13-7-9-15(10-8-13)21-18(25)12-23-17-6-4-3-5-16(17)22-19(23)20-11-14(2)24/h3-10,14,24H,11-12H2,1-2H3,(H,20,22)(H,21,25). The Morgan fingerprint density at radius 2 is 1.92 bits per heavy atom. The Hall–Kier alpha value is -2.86. The smallest absolute Gasteiger partial charge is 0.244 e. The van der Waals surface area contributed by atoms with Crippen LogP contribution in [0.1, 0.15) is 12.5 Å². The zero-order valence-corrected chi connectivity index (χ0v) is 14.4. The summed E-state index contributed by atoms with van der Waals surface area (Å²) in [6.07, 6.45) is -0.505. The number of hydrogen-bond donors (Lipinski definition) is 3. The summed E-state index contributed by atoms with van der Waals surface area (Å²) >= 11 is 0. The third-order valence-electron chi connectivity index (χ3n) is 3.85. The van der Waals surface area contributed by atoms with Crippen LogP contribution in [0.2, 0.25) is 0 Å². The maximum absolute atomic E-state index is 12.5. The van der Waals surface area contributed by atoms with Crippen LogP contribution in [0.5, 0.6) is 0 Å². The molecule has 0 radical (unpaired) electrons. The molecule has 0 aliphatic carbocycles. The van der Waals surface area contributed by atoms with Crippen molar-refractivity contribution in [3.8, 4) is 0 Å². The number of hydrogen-bond acceptors (Lipinski definition) is 4. The van der Waals surface area contributed by atoms with Gasteiger partial charge in [0.1, 0.15) is 6.54 Å². The molecule has 3 rings (SSSR count). The molecule has 3 aromatic rings. The molecule has 0 saturated carbocycles. The van der Waals surface area contributed by atoms with Crippen molar-refractivity contribution in [2.75, 3.05) is 17.2 Å². The monoisotopic (exact) mass is 338 g/mol. The summed E-state index contributed by atoms with van der Waals surface area (Å²) < 4.78 is 1.82. The molecule has 0 aliphatic heterocycles. The van der Waals surface area contributed by atoms with Crippen molar-refractivity contribution in [3.63, 3.8) is 0 Å². The number of imidazole rings is 1. The van der Waals surface area contributed by atoms with Crippen molar-refractivity contribution in [1.82, 2.24) is 9.55 Å². The molecule has 25 heavy (non-hydrogen) atoms. The predicted octanol–water partition coefficient (Wildman–Crippen LogP) is 2.78. The SMILES string of the molecule is Cc1ccc(NC(=O)Cn2c(NCC(C)O)nc3ccccc32)cc1. The molecule has 6 nitrogen and oxygen atoms in total. The fourth-order valence-corrected chi connectivity index (χ4v) is 2.59. The number of nitrogens with zero attached hydrogens (tertiary/aromatic N) is 2. The van der Waals surface area contributed by atoms with E-state index in [0.29, 0.717) is 12.5 Å². The number of fused-ring (bicyclic) bond motifs is 1. The minimum atomic E-state index is -0.505. The molecule has 0 aliphatic rings. The molecular weight excluding hydrogens is 316 g/mol. The van der Waals surface area contributed by atoms with Crippen molar-refractivity contribution in [3.05, 3.63) is 54.1 Å². The highest BCUT2D eigenvalue weighted by atomic mass is 16.3. The van der Waals surface area contributed by atoms with Crippen molar-refractivity contribution < 1.29 is 9.90 Å². The maximum Gasteiger partial charge on any atom is 0.244 e. The normalized spacial score (nSPS) is 12.1. The van der Waals surface area contributed by atoms with E-state index in [4.69, 9.17) is 0 Å². The summed E-state index contributed by atoms with van der Waals surface area (Å²) in [5, 5.41) is 15.5. The number of aliphatic hydroxyl groups excluding tert-OH is 1. The first kappa shape index (κ1) is 17.0. The minimum absolute atomic E-state index is 0.132. The Morgan fingerprint density at radius 3 is 2.64 bits per heavy atom. The fraction of sp³-hybridized carbons (Fsp3) is 0.263. The van der Waals surface area contributed by atoms with Crippen LogP contribution in [0.25, 0.3) is 11.0 Å². The second-order valence-corrected chi connectivity index (χ2v) is 6.15. The van der Waals surface area contributed by atoms with Gasteiger partial charge >= 0.3 is 0 Å². The Balaban J connectivity index is 1.82. The van der Waals surface area contributed by atoms with Gasteiger partial charge in [-0.3, -0.25) is 4.79 Å². The number of para-hydroxylation sites is 2. The number of anilines is 2. The zero-order chi connectivity index (χ0) is 17.8. The van der Waals surface area contributed by atoms with E-state index in [9.17, 15) is 9.90 Å². The first-order valence-electron chi connectivity index (χ1n) is 8.26. The number of aliphatic hydroxyl groups is 1. The van der Waals surface area contributed by atoms with Crippen LogP contribution >= 0.6 is 0 Å². The van der Waals surface area contributed by atoms with Crippen molar-refractivity contribution in [1.29, 1.82) is 0 Å². The van der Waals surface area contributed by atoms with Crippen LogP contribution in [-0.2, 0) is 11.3 Å². The number of carbonyl (C=O) groups is 1. The van der Waals surface area contributed by atoms with Gasteiger partial charge in [0.15, 0.2) is 0 Å². The lowest BCUT2D eigenvalue weighted by Gasteiger charge is -2.12. The molecule has 3 N–H and O–H groups in total. The number of nitrogens with one attached hydrogen (secondary N) is 2. The maximum atomic E-state index is 12.5. The van der Waals surface area contributed by atoms with Gasteiger partial charge in [-0.2, -0.15) is 0 Å². The molecule has 2 aromatic carbocycles. The molecule has 130 valence electrons. The lowest BCUT2D eigenvalue weighted by molar-refractivity contribution is -0.116. The van der Waals surface area contributed by atoms with Crippen molar-refractivity contribution >= 4 is 28.6 Å². The Morgan fingerprint density at radius 1 is 1.20 bits per heavy atom. The molecule has 0 spiro atoms. The lowest BCUT2D eigenvalue weighted by atomic mass is 10.2. The fourth-order valence-electron chi connectivity index (χ4n) is 2.59. The topological polar surface area (TPSA) is 79.2 Å². The summed E-state index contributed by atoms with van der Waals surface area (Å²) in [5.74, 6) is 0.438. The van der Waals surface area contributed by atoms with Crippen LogP contribution in [0, 0.1) is 6.92 Å². The van der Waals surface area contributed by atoms with Gasteiger partial charge in [0.2, 0.25) is 11.9 Å². The van der Waals surface area contributed by atoms with E-state index in [2.05, 4.69) is 15.6 Å². The van der Waals surface area contributed by atoms with E-state index < -0.39 is 6.10 Å². The lowest BCUT2D eigenvalue weighted by Crippen LogP contribution is -2.22. The number of aryl methyl sites for hydroxylation is 1. The van der Waals surface area contributed by atoms with Crippen LogP contribution < -0.4 is 10.6 Å². The molecule has 6 heteroatoms. The zero-order valence-electron chi connectivity index (χ0n) is 14.4. The van der Waals surface area contributed by atoms with Gasteiger partial charge in [0, 0.05) is 12.2 Å². The van der Waals surface area contributed by atoms with E-state index in [-0.39, 0.29) is 12.5 Å². The van der Waals surface area contributed by atoms with E-state index in [0.717, 1.165) is 22.3 Å². The molecule has 1 heterocycles. The van der Waals surface area contributed by atoms with Crippen LogP contribution in [-0.4, -0.2) is 33.2 Å². The van der Waals surface area contributed by atoms with Gasteiger partial charge in [0.05, 0.1) is 17.1 Å². The first-order chi connectivity index (χ1) is 12.0. The number of aromatic nitrogens is 2. The van der Waals surface area contributed by atoms with Crippen LogP contribution in [0.3, 0.4) is 0 Å². The molecule has 1 aromatic heterocycles. The van der Waals surface area contributed by atoms with Gasteiger partial charge in [-0.25, -0.2) is 4.98 Å². The van der Waals surface area contributed by atoms with Gasteiger partial charge < -0.3 is 20.3 Å². The quantitative estimate of drug-likeness (QED) is 0.646. The van der Waals surface area contributed by atoms with Crippen molar-refractivity contribution in [2.24, 2.45) is 0 Å². The highest BCUT2D eigenvalue weighted by Gasteiger charge is 2.14. The minimum Gasteiger partial charge on any atom is -0.392 e. The molecule has 1 amide bonds. The van der Waals surface area contributed by atoms with Gasteiger partial charge in [-0.15, -0.1) is 0 Å². The van der Waals surface area contributed by atoms with Crippen LogP contribution in [0.15, 0.2) is 48.5 Å². The predicted molar refractivity (Wildman–Crippen MR) is 99.7 cm³/mol. The van der Waals surface area contributed by atoms with Crippen molar-refractivity contribution in [2.45, 2.75) is 26.5 Å². The second-order valence-electron chi connectivity index (χ2n) is 6.15. The number of amides is 1. The first-order valence-corrected chi connectivity index (χ1v) is 8.26. The van der Waals surface area contributed by atoms with E-state index in [1.54, 1.807) is 6.92 Å². The van der Waals surface area contributed by atoms with E-state index in [1.807, 2.05) is 60.0 Å². The molecular formula is C19H22N4O2. The molecule has 1 atom stereocenters. The summed E-state index contributed by atoms with van der Waals surface area (Å²) in [6, 6.07) is 15.3. The Bertz CT molecular complexity index is 869. The molecule has 1 unspecified atom stereocenters. The average Bonchev–Trinajstić information content (AvgIpc) is 2.93. The molecule has 0 bridgehead atoms. The Labute approximate surface area is 146 Å². The molecule has 0 saturated heterocycles. The highest BCUT2D eigenvalue weighted by molar-refractivity contribution is 5.92. The summed E-state index contributed by atoms with van der Waals surface area (Å²) in [4.78, 5) is 17.0. The second kappa shape index (κ2) is 7.36. The number of carbonyl (C=O) groups excluding carboxylic acids is 1. The van der Waals surface area contributed by atoms with Gasteiger partial charge in [0.25, 0.3) is 0 Å². The number of benzene rings is 2. The Kier molecular flexibility index (Phi) is 5.00. The third kappa shape index (κ3) is 4.16. The highest BCUT2D eigenvalue weighted by Crippen LogP contribution is 2.20. The van der Waals surface area contributed by atoms with Gasteiger partial charge in [-0.05, 0) is 38.1 Å². The van der Waals surface area contributed by atoms with E-state index >= 15 is 0 Å². The molecule has 0 fully saturated rings. The summed E-state index contributed by atoms with van der Waals surface area (Å²) in [7, 11) is 0. The number of rotatable bonds is 6. The third-order valence-corrected chi connectivity index (χ3v) is 3.85. The van der Waals surface area contributed by atoms with E-state index in [1.165, 1.54) is 0 Å². The summed E-state index contributed by atoms with van der Waals surface area (Å²) in [6.45, 7) is 4.20. The summed E-state index contributed by atoms with van der Waals surface area (Å²) in [5.41, 5.74) is 3.58. The largest absolute Gasteiger partial charge is 0.392 e. The van der Waals surface area contributed by atoms with Crippen LogP contribution in [0.4, 0.5) is 11.6 Å². The average molecular weight is 338 g/mol. The van der Waals surface area contributed by atoms with Gasteiger partial charge in [-0.1, -0.05) is 29.8 Å².